The molecule has 0 saturated carbocycles. The normalized spacial score (nSPS) is 11.6. The zero-order chi connectivity index (χ0) is 37.4. The highest BCUT2D eigenvalue weighted by molar-refractivity contribution is 6.04. The predicted octanol–water partition coefficient (Wildman–Crippen LogP) is 14.4. The zero-order valence-corrected chi connectivity index (χ0v) is 33.4. The van der Waals surface area contributed by atoms with Gasteiger partial charge in [-0.15, -0.1) is 0 Å². The van der Waals surface area contributed by atoms with Gasteiger partial charge in [0.05, 0.1) is 23.3 Å². The van der Waals surface area contributed by atoms with E-state index in [1.54, 1.807) is 0 Å². The molecule has 2 N–H and O–H groups in total. The van der Waals surface area contributed by atoms with Gasteiger partial charge in [-0.05, 0) is 55.7 Å². The Balaban J connectivity index is 2.62. The van der Waals surface area contributed by atoms with Crippen LogP contribution in [0.15, 0.2) is 18.2 Å². The highest BCUT2D eigenvalue weighted by Gasteiger charge is 2.28. The summed E-state index contributed by atoms with van der Waals surface area (Å²) in [6.07, 6.45) is 41.3. The summed E-state index contributed by atoms with van der Waals surface area (Å²) in [5.41, 5.74) is -0.112. The zero-order valence-electron chi connectivity index (χ0n) is 33.4. The van der Waals surface area contributed by atoms with Crippen LogP contribution in [0, 0.1) is 5.41 Å². The van der Waals surface area contributed by atoms with E-state index in [-0.39, 0.29) is 23.3 Å². The van der Waals surface area contributed by atoms with Crippen molar-refractivity contribution in [2.75, 3.05) is 6.61 Å². The van der Waals surface area contributed by atoms with Crippen LogP contribution in [0.4, 0.5) is 0 Å². The van der Waals surface area contributed by atoms with Crippen LogP contribution in [-0.4, -0.2) is 34.7 Å². The average Bonchev–Trinajstić information content (AvgIpc) is 3.12. The van der Waals surface area contributed by atoms with Crippen LogP contribution in [-0.2, 0) is 4.74 Å². The third-order valence-electron chi connectivity index (χ3n) is 11.0. The molecule has 0 atom stereocenters. The molecule has 6 heteroatoms. The number of rotatable bonds is 36. The topological polar surface area (TPSA) is 101 Å². The molecule has 1 aromatic carbocycles. The molecule has 294 valence electrons. The largest absolute Gasteiger partial charge is 0.478 e. The van der Waals surface area contributed by atoms with Crippen LogP contribution < -0.4 is 0 Å². The first-order valence-corrected chi connectivity index (χ1v) is 21.6. The molecular formula is C45H78O6. The van der Waals surface area contributed by atoms with Crippen molar-refractivity contribution in [1.82, 2.24) is 0 Å². The van der Waals surface area contributed by atoms with Crippen LogP contribution in [0.5, 0.6) is 0 Å². The monoisotopic (exact) mass is 715 g/mol. The molecule has 51 heavy (non-hydrogen) atoms. The van der Waals surface area contributed by atoms with Gasteiger partial charge in [0.2, 0.25) is 0 Å². The van der Waals surface area contributed by atoms with Crippen molar-refractivity contribution in [3.8, 4) is 0 Å². The summed E-state index contributed by atoms with van der Waals surface area (Å²) in [6.45, 7) is 7.13. The average molecular weight is 715 g/mol. The van der Waals surface area contributed by atoms with E-state index in [2.05, 4.69) is 20.8 Å². The van der Waals surface area contributed by atoms with E-state index in [9.17, 15) is 19.5 Å². The Morgan fingerprint density at radius 2 is 0.824 bits per heavy atom. The maximum absolute atomic E-state index is 12.5. The third kappa shape index (κ3) is 23.0. The Kier molecular flexibility index (Phi) is 28.5. The van der Waals surface area contributed by atoms with Gasteiger partial charge < -0.3 is 14.9 Å². The van der Waals surface area contributed by atoms with Gasteiger partial charge >= 0.3 is 17.9 Å². The van der Waals surface area contributed by atoms with E-state index in [4.69, 9.17) is 9.84 Å². The minimum absolute atomic E-state index is 0.111. The lowest BCUT2D eigenvalue weighted by Crippen LogP contribution is -2.21. The number of aromatic carboxylic acids is 2. The van der Waals surface area contributed by atoms with Crippen LogP contribution in [0.1, 0.15) is 251 Å². The number of carbonyl (C=O) groups is 3. The van der Waals surface area contributed by atoms with Gasteiger partial charge in [-0.2, -0.15) is 0 Å². The van der Waals surface area contributed by atoms with Gasteiger partial charge in [0, 0.05) is 0 Å². The number of benzene rings is 1. The van der Waals surface area contributed by atoms with E-state index >= 15 is 0 Å². The van der Waals surface area contributed by atoms with Crippen molar-refractivity contribution in [3.63, 3.8) is 0 Å². The smallest absolute Gasteiger partial charge is 0.339 e. The highest BCUT2D eigenvalue weighted by atomic mass is 16.5. The molecule has 0 aliphatic heterocycles. The first-order chi connectivity index (χ1) is 24.8. The van der Waals surface area contributed by atoms with E-state index in [1.807, 2.05) is 0 Å². The Morgan fingerprint density at radius 1 is 0.471 bits per heavy atom. The molecule has 0 amide bonds. The Morgan fingerprint density at radius 3 is 1.18 bits per heavy atom. The third-order valence-corrected chi connectivity index (χ3v) is 11.0. The maximum Gasteiger partial charge on any atom is 0.339 e. The Hall–Kier alpha value is -2.37. The molecular weight excluding hydrogens is 636 g/mol. The van der Waals surface area contributed by atoms with Crippen LogP contribution in [0.25, 0.3) is 0 Å². The summed E-state index contributed by atoms with van der Waals surface area (Å²) >= 11 is 0. The van der Waals surface area contributed by atoms with Crippen molar-refractivity contribution in [1.29, 1.82) is 0 Å². The van der Waals surface area contributed by atoms with Crippen molar-refractivity contribution in [2.24, 2.45) is 5.41 Å². The van der Waals surface area contributed by atoms with E-state index < -0.39 is 17.9 Å². The first kappa shape index (κ1) is 46.7. The molecule has 0 unspecified atom stereocenters. The second-order valence-electron chi connectivity index (χ2n) is 15.5. The minimum Gasteiger partial charge on any atom is -0.478 e. The number of esters is 1. The summed E-state index contributed by atoms with van der Waals surface area (Å²) in [7, 11) is 0. The molecule has 0 fully saturated rings. The van der Waals surface area contributed by atoms with Crippen molar-refractivity contribution in [3.05, 3.63) is 34.9 Å². The number of ether oxygens (including phenoxy) is 1. The molecule has 0 radical (unpaired) electrons. The SMILES string of the molecule is CCCCCCCCCC(CCCCCCCCC)(CCCCCCCCC)CCCCCCCCOC(=O)c1ccc(C(=O)O)cc1C(=O)O. The fourth-order valence-electron chi connectivity index (χ4n) is 7.71. The molecule has 1 rings (SSSR count). The summed E-state index contributed by atoms with van der Waals surface area (Å²) in [4.78, 5) is 35.3. The molecule has 1 aromatic rings. The van der Waals surface area contributed by atoms with Gasteiger partial charge in [-0.3, -0.25) is 0 Å². The van der Waals surface area contributed by atoms with Gasteiger partial charge in [0.1, 0.15) is 0 Å². The molecule has 0 spiro atoms. The molecule has 6 nitrogen and oxygen atoms in total. The van der Waals surface area contributed by atoms with E-state index in [0.717, 1.165) is 25.3 Å². The number of hydrogen-bond acceptors (Lipinski definition) is 4. The summed E-state index contributed by atoms with van der Waals surface area (Å²) < 4.78 is 5.36. The fourth-order valence-corrected chi connectivity index (χ4v) is 7.71. The molecule has 0 aliphatic carbocycles. The van der Waals surface area contributed by atoms with Gasteiger partial charge in [-0.25, -0.2) is 14.4 Å². The standard InChI is InChI=1S/C45H78O6/c1-4-7-10-13-16-21-26-33-45(34-27-22-17-14-11-8-5-2,35-28-23-18-15-12-9-6-3)36-29-24-19-20-25-30-37-51-44(50)40-32-31-39(42(46)47)38-41(40)43(48)49/h31-32,38H,4-30,33-37H2,1-3H3,(H,46,47)(H,48,49). The molecule has 0 saturated heterocycles. The van der Waals surface area contributed by atoms with Crippen molar-refractivity contribution in [2.45, 2.75) is 220 Å². The number of hydrogen-bond donors (Lipinski definition) is 2. The van der Waals surface area contributed by atoms with Crippen molar-refractivity contribution >= 4 is 17.9 Å². The number of carbonyl (C=O) groups excluding carboxylic acids is 1. The first-order valence-electron chi connectivity index (χ1n) is 21.6. The van der Waals surface area contributed by atoms with Crippen LogP contribution in [0.2, 0.25) is 0 Å². The lowest BCUT2D eigenvalue weighted by atomic mass is 9.70. The summed E-state index contributed by atoms with van der Waals surface area (Å²) in [5.74, 6) is -3.30. The molecule has 0 heterocycles. The second kappa shape index (κ2) is 31.2. The lowest BCUT2D eigenvalue weighted by molar-refractivity contribution is 0.0486. The Bertz CT molecular complexity index is 988. The predicted molar refractivity (Wildman–Crippen MR) is 213 cm³/mol. The van der Waals surface area contributed by atoms with Gasteiger partial charge in [-0.1, -0.05) is 188 Å². The van der Waals surface area contributed by atoms with Crippen molar-refractivity contribution < 1.29 is 29.3 Å². The van der Waals surface area contributed by atoms with Gasteiger partial charge in [0.15, 0.2) is 0 Å². The Labute approximate surface area is 313 Å². The second-order valence-corrected chi connectivity index (χ2v) is 15.5. The minimum atomic E-state index is -1.35. The number of carboxylic acids is 2. The van der Waals surface area contributed by atoms with Gasteiger partial charge in [0.25, 0.3) is 0 Å². The molecule has 0 aliphatic rings. The maximum atomic E-state index is 12.5. The van der Waals surface area contributed by atoms with E-state index in [1.165, 1.54) is 192 Å². The van der Waals surface area contributed by atoms with Crippen LogP contribution >= 0.6 is 0 Å². The van der Waals surface area contributed by atoms with Crippen LogP contribution in [0.3, 0.4) is 0 Å². The van der Waals surface area contributed by atoms with E-state index in [0.29, 0.717) is 5.41 Å². The quantitative estimate of drug-likeness (QED) is 0.0530. The summed E-state index contributed by atoms with van der Waals surface area (Å²) in [6, 6.07) is 3.47. The molecule has 0 bridgehead atoms. The lowest BCUT2D eigenvalue weighted by Gasteiger charge is -2.35. The summed E-state index contributed by atoms with van der Waals surface area (Å²) in [5, 5.41) is 18.6. The molecule has 0 aromatic heterocycles. The fraction of sp³-hybridized carbons (Fsp3) is 0.800. The number of carboxylic acid groups (broad SMARTS) is 2. The highest BCUT2D eigenvalue weighted by Crippen LogP contribution is 2.42. The number of unbranched alkanes of at least 4 members (excludes halogenated alkanes) is 23.